The first-order valence-corrected chi connectivity index (χ1v) is 13.8. The summed E-state index contributed by atoms with van der Waals surface area (Å²) in [7, 11) is -2.30. The van der Waals surface area contributed by atoms with Crippen molar-refractivity contribution < 1.29 is 23.1 Å². The van der Waals surface area contributed by atoms with E-state index >= 15 is 0 Å². The molecule has 7 nitrogen and oxygen atoms in total. The number of benzene rings is 1. The van der Waals surface area contributed by atoms with Gasteiger partial charge in [-0.2, -0.15) is 8.42 Å². The van der Waals surface area contributed by atoms with Gasteiger partial charge in [0.2, 0.25) is 0 Å². The van der Waals surface area contributed by atoms with Crippen LogP contribution in [0.25, 0.3) is 0 Å². The molecule has 1 N–H and O–H groups in total. The van der Waals surface area contributed by atoms with E-state index < -0.39 is 21.6 Å². The second-order valence-corrected chi connectivity index (χ2v) is 11.5. The summed E-state index contributed by atoms with van der Waals surface area (Å²) in [5.74, 6) is -0.519. The first kappa shape index (κ1) is 23.8. The molecule has 33 heavy (non-hydrogen) atoms. The van der Waals surface area contributed by atoms with E-state index in [1.165, 1.54) is 33.6 Å². The third-order valence-corrected chi connectivity index (χ3v) is 8.95. The summed E-state index contributed by atoms with van der Waals surface area (Å²) in [5.41, 5.74) is 2.15. The fourth-order valence-corrected chi connectivity index (χ4v) is 6.78. The number of hydrogen-bond acceptors (Lipinski definition) is 7. The normalized spacial score (nSPS) is 18.9. The first-order chi connectivity index (χ1) is 15.7. The number of aliphatic hydroxyl groups excluding tert-OH is 1. The molecule has 1 atom stereocenters. The number of thiazole rings is 1. The third kappa shape index (κ3) is 4.28. The lowest BCUT2D eigenvalue weighted by Crippen LogP contribution is -2.31. The zero-order chi connectivity index (χ0) is 23.8. The maximum Gasteiger partial charge on any atom is 0.339 e. The van der Waals surface area contributed by atoms with Crippen LogP contribution in [0.3, 0.4) is 0 Å². The molecule has 1 unspecified atom stereocenters. The summed E-state index contributed by atoms with van der Waals surface area (Å²) in [6.45, 7) is 4.02. The number of cyclic esters (lactones) is 1. The molecule has 4 rings (SSSR count). The Balaban J connectivity index is 1.74. The molecule has 1 aliphatic heterocycles. The van der Waals surface area contributed by atoms with Crippen LogP contribution < -0.4 is 4.31 Å². The molecule has 178 valence electrons. The Kier molecular flexibility index (Phi) is 6.55. The van der Waals surface area contributed by atoms with Crippen LogP contribution in [0.4, 0.5) is 5.69 Å². The van der Waals surface area contributed by atoms with Gasteiger partial charge in [0.05, 0.1) is 16.8 Å². The summed E-state index contributed by atoms with van der Waals surface area (Å²) >= 11 is 1.22. The fraction of sp³-hybridized carbons (Fsp3) is 0.500. The van der Waals surface area contributed by atoms with Gasteiger partial charge in [-0.25, -0.2) is 9.78 Å². The van der Waals surface area contributed by atoms with Gasteiger partial charge >= 0.3 is 5.97 Å². The van der Waals surface area contributed by atoms with Gasteiger partial charge in [-0.15, -0.1) is 11.3 Å². The monoisotopic (exact) mass is 490 g/mol. The fourth-order valence-electron chi connectivity index (χ4n) is 4.79. The molecule has 1 fully saturated rings. The quantitative estimate of drug-likeness (QED) is 0.462. The molecule has 0 saturated heterocycles. The molecule has 0 radical (unpaired) electrons. The van der Waals surface area contributed by atoms with Gasteiger partial charge in [0.1, 0.15) is 5.76 Å². The molecule has 1 aliphatic carbocycles. The van der Waals surface area contributed by atoms with E-state index in [1.807, 2.05) is 19.9 Å². The van der Waals surface area contributed by atoms with E-state index in [2.05, 4.69) is 4.98 Å². The van der Waals surface area contributed by atoms with Crippen molar-refractivity contribution in [3.05, 3.63) is 52.1 Å². The second-order valence-electron chi connectivity index (χ2n) is 8.86. The van der Waals surface area contributed by atoms with Gasteiger partial charge in [-0.3, -0.25) is 4.31 Å². The minimum Gasteiger partial charge on any atom is -0.507 e. The number of ether oxygens (including phenoxy) is 1. The van der Waals surface area contributed by atoms with Crippen molar-refractivity contribution in [2.45, 2.75) is 68.9 Å². The zero-order valence-electron chi connectivity index (χ0n) is 19.2. The number of nitrogens with zero attached hydrogens (tertiary/aromatic N) is 2. The van der Waals surface area contributed by atoms with Crippen LogP contribution in [0.5, 0.6) is 0 Å². The number of sulfonamides is 1. The highest BCUT2D eigenvalue weighted by atomic mass is 32.2. The van der Waals surface area contributed by atoms with Gasteiger partial charge in [0.15, 0.2) is 10.6 Å². The Bertz CT molecular complexity index is 1150. The molecule has 2 heterocycles. The van der Waals surface area contributed by atoms with Gasteiger partial charge < -0.3 is 9.84 Å². The van der Waals surface area contributed by atoms with E-state index in [1.54, 1.807) is 18.2 Å². The number of carbonyl (C=O) groups is 1. The lowest BCUT2D eigenvalue weighted by molar-refractivity contribution is -0.149. The molecule has 1 aromatic heterocycles. The van der Waals surface area contributed by atoms with E-state index in [-0.39, 0.29) is 22.6 Å². The van der Waals surface area contributed by atoms with Crippen LogP contribution in [0.2, 0.25) is 0 Å². The standard InChI is InChI=1S/C24H30N2O5S2/c1-4-11-24(12-5-2)22(27)21(23(28)31-24)20(16-9-10-16)17-7-6-8-18(13-17)26(3)33(29,30)19-14-32-15-25-19/h6-8,13-16,20,27H,4-5,9-12H2,1-3H3. The maximum absolute atomic E-state index is 13.1. The first-order valence-electron chi connectivity index (χ1n) is 11.4. The summed E-state index contributed by atoms with van der Waals surface area (Å²) in [6.07, 6.45) is 4.61. The Hall–Kier alpha value is -2.39. The summed E-state index contributed by atoms with van der Waals surface area (Å²) in [6, 6.07) is 7.19. The lowest BCUT2D eigenvalue weighted by Gasteiger charge is -2.27. The highest BCUT2D eigenvalue weighted by Gasteiger charge is 2.51. The van der Waals surface area contributed by atoms with Crippen LogP contribution in [0.1, 0.15) is 63.9 Å². The Morgan fingerprint density at radius 3 is 2.55 bits per heavy atom. The summed E-state index contributed by atoms with van der Waals surface area (Å²) < 4.78 is 33.0. The third-order valence-electron chi connectivity index (χ3n) is 6.53. The van der Waals surface area contributed by atoms with E-state index in [4.69, 9.17) is 4.74 Å². The van der Waals surface area contributed by atoms with Crippen molar-refractivity contribution in [2.24, 2.45) is 5.92 Å². The minimum atomic E-state index is -3.79. The molecule has 1 aromatic carbocycles. The number of rotatable bonds is 10. The largest absolute Gasteiger partial charge is 0.507 e. The second kappa shape index (κ2) is 9.10. The molecular weight excluding hydrogens is 460 g/mol. The number of aromatic nitrogens is 1. The number of esters is 1. The molecule has 0 amide bonds. The zero-order valence-corrected chi connectivity index (χ0v) is 20.8. The van der Waals surface area contributed by atoms with Crippen molar-refractivity contribution in [1.29, 1.82) is 0 Å². The molecule has 2 aromatic rings. The Morgan fingerprint density at radius 1 is 1.27 bits per heavy atom. The average molecular weight is 491 g/mol. The summed E-state index contributed by atoms with van der Waals surface area (Å²) in [4.78, 5) is 17.0. The van der Waals surface area contributed by atoms with Crippen LogP contribution in [-0.4, -0.2) is 37.1 Å². The van der Waals surface area contributed by atoms with Crippen LogP contribution in [0.15, 0.2) is 51.5 Å². The molecule has 2 aliphatic rings. The van der Waals surface area contributed by atoms with Crippen molar-refractivity contribution in [3.63, 3.8) is 0 Å². The van der Waals surface area contributed by atoms with Gasteiger partial charge in [-0.1, -0.05) is 38.8 Å². The van der Waals surface area contributed by atoms with Crippen molar-refractivity contribution in [3.8, 4) is 0 Å². The SMILES string of the molecule is CCCC1(CCC)OC(=O)C(C(c2cccc(N(C)S(=O)(=O)c3cscn3)c2)C2CC2)=C1O. The van der Waals surface area contributed by atoms with Crippen LogP contribution >= 0.6 is 11.3 Å². The van der Waals surface area contributed by atoms with E-state index in [0.717, 1.165) is 31.2 Å². The van der Waals surface area contributed by atoms with Gasteiger partial charge in [-0.05, 0) is 49.3 Å². The van der Waals surface area contributed by atoms with Crippen molar-refractivity contribution >= 4 is 33.0 Å². The highest BCUT2D eigenvalue weighted by Crippen LogP contribution is 2.52. The van der Waals surface area contributed by atoms with Crippen LogP contribution in [0, 0.1) is 5.92 Å². The van der Waals surface area contributed by atoms with E-state index in [0.29, 0.717) is 24.1 Å². The number of hydrogen-bond donors (Lipinski definition) is 1. The van der Waals surface area contributed by atoms with Crippen molar-refractivity contribution in [2.75, 3.05) is 11.4 Å². The minimum absolute atomic E-state index is 0.00258. The van der Waals surface area contributed by atoms with E-state index in [9.17, 15) is 18.3 Å². The van der Waals surface area contributed by atoms with Gasteiger partial charge in [0, 0.05) is 18.3 Å². The average Bonchev–Trinajstić information content (AvgIpc) is 3.39. The Labute approximate surface area is 199 Å². The number of anilines is 1. The highest BCUT2D eigenvalue weighted by molar-refractivity contribution is 7.92. The predicted octanol–water partition coefficient (Wildman–Crippen LogP) is 5.17. The van der Waals surface area contributed by atoms with Crippen LogP contribution in [-0.2, 0) is 19.6 Å². The Morgan fingerprint density at radius 2 is 1.97 bits per heavy atom. The predicted molar refractivity (Wildman–Crippen MR) is 128 cm³/mol. The smallest absolute Gasteiger partial charge is 0.339 e. The number of carbonyl (C=O) groups excluding carboxylic acids is 1. The lowest BCUT2D eigenvalue weighted by atomic mass is 9.82. The molecular formula is C24H30N2O5S2. The van der Waals surface area contributed by atoms with Gasteiger partial charge in [0.25, 0.3) is 10.0 Å². The van der Waals surface area contributed by atoms with Crippen molar-refractivity contribution in [1.82, 2.24) is 4.98 Å². The molecule has 0 spiro atoms. The topological polar surface area (TPSA) is 96.8 Å². The molecule has 9 heteroatoms. The summed E-state index contributed by atoms with van der Waals surface area (Å²) in [5, 5.41) is 12.8. The molecule has 1 saturated carbocycles. The number of aliphatic hydroxyl groups is 1. The maximum atomic E-state index is 13.1. The molecule has 0 bridgehead atoms.